The van der Waals surface area contributed by atoms with Crippen LogP contribution in [0.15, 0.2) is 29.7 Å². The molecule has 8 heteroatoms. The standard InChI is InChI=1S/C17H18N2O5S/c1-4-24-16(21)12-10-25-17(18-12)19-15(20)8-6-11-5-7-13(22-2)14(9-11)23-3/h5-10H,4H2,1-3H3,(H,18,19,20). The van der Waals surface area contributed by atoms with Crippen molar-refractivity contribution in [2.75, 3.05) is 26.1 Å². The topological polar surface area (TPSA) is 86.8 Å². The highest BCUT2D eigenvalue weighted by atomic mass is 32.1. The molecule has 2 aromatic rings. The van der Waals surface area contributed by atoms with Gasteiger partial charge in [0.25, 0.3) is 0 Å². The van der Waals surface area contributed by atoms with Gasteiger partial charge < -0.3 is 14.2 Å². The number of nitrogens with one attached hydrogen (secondary N) is 1. The zero-order valence-electron chi connectivity index (χ0n) is 14.1. The van der Waals surface area contributed by atoms with Crippen LogP contribution in [0, 0.1) is 0 Å². The van der Waals surface area contributed by atoms with Crippen LogP contribution < -0.4 is 14.8 Å². The van der Waals surface area contributed by atoms with E-state index < -0.39 is 5.97 Å². The molecule has 0 atom stereocenters. The van der Waals surface area contributed by atoms with Crippen LogP contribution in [0.4, 0.5) is 5.13 Å². The largest absolute Gasteiger partial charge is 0.493 e. The Morgan fingerprint density at radius 3 is 2.68 bits per heavy atom. The monoisotopic (exact) mass is 362 g/mol. The Balaban J connectivity index is 2.00. The van der Waals surface area contributed by atoms with Crippen LogP contribution in [0.1, 0.15) is 23.0 Å². The van der Waals surface area contributed by atoms with E-state index in [-0.39, 0.29) is 18.2 Å². The fourth-order valence-corrected chi connectivity index (χ4v) is 2.59. The minimum absolute atomic E-state index is 0.172. The summed E-state index contributed by atoms with van der Waals surface area (Å²) in [4.78, 5) is 27.5. The summed E-state index contributed by atoms with van der Waals surface area (Å²) in [5.41, 5.74) is 0.949. The highest BCUT2D eigenvalue weighted by Gasteiger charge is 2.12. The first kappa shape index (κ1) is 18.5. The van der Waals surface area contributed by atoms with Crippen LogP contribution in [0.3, 0.4) is 0 Å². The molecule has 0 bridgehead atoms. The van der Waals surface area contributed by atoms with Crippen LogP contribution in [0.25, 0.3) is 6.08 Å². The molecule has 1 heterocycles. The summed E-state index contributed by atoms with van der Waals surface area (Å²) in [7, 11) is 3.10. The van der Waals surface area contributed by atoms with E-state index in [1.807, 2.05) is 0 Å². The molecular formula is C17H18N2O5S. The third kappa shape index (κ3) is 5.05. The number of anilines is 1. The fraction of sp³-hybridized carbons (Fsp3) is 0.235. The Bertz CT molecular complexity index is 785. The number of benzene rings is 1. The van der Waals surface area contributed by atoms with Gasteiger partial charge >= 0.3 is 5.97 Å². The van der Waals surface area contributed by atoms with Crippen molar-refractivity contribution in [3.8, 4) is 11.5 Å². The normalized spacial score (nSPS) is 10.5. The Hall–Kier alpha value is -2.87. The van der Waals surface area contributed by atoms with E-state index in [0.717, 1.165) is 16.9 Å². The molecule has 1 aromatic heterocycles. The number of nitrogens with zero attached hydrogens (tertiary/aromatic N) is 1. The molecule has 0 saturated heterocycles. The van der Waals surface area contributed by atoms with Crippen LogP contribution in [0.2, 0.25) is 0 Å². The number of ether oxygens (including phenoxy) is 3. The number of carbonyl (C=O) groups excluding carboxylic acids is 2. The molecular weight excluding hydrogens is 344 g/mol. The quantitative estimate of drug-likeness (QED) is 0.602. The van der Waals surface area contributed by atoms with Crippen LogP contribution in [0.5, 0.6) is 11.5 Å². The van der Waals surface area contributed by atoms with Gasteiger partial charge in [-0.1, -0.05) is 6.07 Å². The molecule has 25 heavy (non-hydrogen) atoms. The van der Waals surface area contributed by atoms with Crippen molar-refractivity contribution in [2.24, 2.45) is 0 Å². The summed E-state index contributed by atoms with van der Waals surface area (Å²) in [5.74, 6) is 0.308. The number of carbonyl (C=O) groups is 2. The molecule has 0 unspecified atom stereocenters. The Morgan fingerprint density at radius 2 is 2.00 bits per heavy atom. The van der Waals surface area contributed by atoms with E-state index in [1.165, 1.54) is 11.5 Å². The van der Waals surface area contributed by atoms with E-state index in [9.17, 15) is 9.59 Å². The third-order valence-corrected chi connectivity index (χ3v) is 3.81. The van der Waals surface area contributed by atoms with Gasteiger partial charge in [-0.3, -0.25) is 10.1 Å². The van der Waals surface area contributed by atoms with E-state index >= 15 is 0 Å². The van der Waals surface area contributed by atoms with Crippen molar-refractivity contribution in [3.05, 3.63) is 40.9 Å². The van der Waals surface area contributed by atoms with Crippen molar-refractivity contribution in [1.82, 2.24) is 4.98 Å². The highest BCUT2D eigenvalue weighted by Crippen LogP contribution is 2.28. The van der Waals surface area contributed by atoms with Gasteiger partial charge in [0.15, 0.2) is 22.3 Å². The van der Waals surface area contributed by atoms with Crippen LogP contribution in [-0.2, 0) is 9.53 Å². The second-order valence-electron chi connectivity index (χ2n) is 4.70. The number of amides is 1. The second kappa shape index (κ2) is 8.84. The number of hydrogen-bond donors (Lipinski definition) is 1. The van der Waals surface area contributed by atoms with Gasteiger partial charge in [-0.15, -0.1) is 11.3 Å². The lowest BCUT2D eigenvalue weighted by atomic mass is 10.2. The Labute approximate surface area is 149 Å². The number of hydrogen-bond acceptors (Lipinski definition) is 7. The molecule has 0 aliphatic heterocycles. The fourth-order valence-electron chi connectivity index (χ4n) is 1.91. The smallest absolute Gasteiger partial charge is 0.357 e. The van der Waals surface area contributed by atoms with Gasteiger partial charge in [-0.05, 0) is 30.7 Å². The van der Waals surface area contributed by atoms with Crippen molar-refractivity contribution in [3.63, 3.8) is 0 Å². The zero-order valence-corrected chi connectivity index (χ0v) is 14.9. The summed E-state index contributed by atoms with van der Waals surface area (Å²) >= 11 is 1.15. The minimum atomic E-state index is -0.514. The van der Waals surface area contributed by atoms with Crippen LogP contribution in [-0.4, -0.2) is 37.7 Å². The van der Waals surface area contributed by atoms with E-state index in [1.54, 1.807) is 45.4 Å². The SMILES string of the molecule is CCOC(=O)c1csc(NC(=O)C=Cc2ccc(OC)c(OC)c2)n1. The average molecular weight is 362 g/mol. The lowest BCUT2D eigenvalue weighted by Crippen LogP contribution is -2.09. The maximum Gasteiger partial charge on any atom is 0.357 e. The van der Waals surface area contributed by atoms with Gasteiger partial charge in [0.2, 0.25) is 5.91 Å². The van der Waals surface area contributed by atoms with Gasteiger partial charge in [0.05, 0.1) is 20.8 Å². The number of esters is 1. The second-order valence-corrected chi connectivity index (χ2v) is 5.55. The number of methoxy groups -OCH3 is 2. The molecule has 1 aromatic carbocycles. The highest BCUT2D eigenvalue weighted by molar-refractivity contribution is 7.14. The van der Waals surface area contributed by atoms with Gasteiger partial charge in [-0.25, -0.2) is 9.78 Å². The summed E-state index contributed by atoms with van der Waals surface area (Å²) in [6.45, 7) is 1.98. The summed E-state index contributed by atoms with van der Waals surface area (Å²) < 4.78 is 15.2. The molecule has 0 radical (unpaired) electrons. The molecule has 1 amide bonds. The molecule has 0 aliphatic carbocycles. The molecule has 7 nitrogen and oxygen atoms in total. The number of aromatic nitrogens is 1. The zero-order chi connectivity index (χ0) is 18.2. The first-order chi connectivity index (χ1) is 12.1. The number of thiazole rings is 1. The van der Waals surface area contributed by atoms with Crippen molar-refractivity contribution >= 4 is 34.4 Å². The van der Waals surface area contributed by atoms with Gasteiger partial charge in [0.1, 0.15) is 0 Å². The van der Waals surface area contributed by atoms with Crippen molar-refractivity contribution < 1.29 is 23.8 Å². The van der Waals surface area contributed by atoms with Gasteiger partial charge in [0, 0.05) is 11.5 Å². The van der Waals surface area contributed by atoms with Crippen molar-refractivity contribution in [1.29, 1.82) is 0 Å². The summed E-state index contributed by atoms with van der Waals surface area (Å²) in [5, 5.41) is 4.46. The van der Waals surface area contributed by atoms with Crippen molar-refractivity contribution in [2.45, 2.75) is 6.92 Å². The third-order valence-electron chi connectivity index (χ3n) is 3.05. The first-order valence-corrected chi connectivity index (χ1v) is 8.29. The maximum absolute atomic E-state index is 12.0. The lowest BCUT2D eigenvalue weighted by Gasteiger charge is -2.07. The summed E-state index contributed by atoms with van der Waals surface area (Å²) in [6.07, 6.45) is 3.00. The molecule has 0 saturated carbocycles. The van der Waals surface area contributed by atoms with E-state index in [2.05, 4.69) is 10.3 Å². The number of rotatable bonds is 7. The Morgan fingerprint density at radius 1 is 1.24 bits per heavy atom. The maximum atomic E-state index is 12.0. The minimum Gasteiger partial charge on any atom is -0.493 e. The molecule has 132 valence electrons. The molecule has 0 spiro atoms. The van der Waals surface area contributed by atoms with Crippen LogP contribution >= 0.6 is 11.3 Å². The molecule has 2 rings (SSSR count). The van der Waals surface area contributed by atoms with E-state index in [0.29, 0.717) is 16.6 Å². The van der Waals surface area contributed by atoms with Gasteiger partial charge in [-0.2, -0.15) is 0 Å². The first-order valence-electron chi connectivity index (χ1n) is 7.41. The predicted molar refractivity (Wildman–Crippen MR) is 95.3 cm³/mol. The molecule has 0 fully saturated rings. The molecule has 1 N–H and O–H groups in total. The summed E-state index contributed by atoms with van der Waals surface area (Å²) in [6, 6.07) is 5.31. The average Bonchev–Trinajstić information content (AvgIpc) is 3.08. The van der Waals surface area contributed by atoms with E-state index in [4.69, 9.17) is 14.2 Å². The Kier molecular flexibility index (Phi) is 6.53. The predicted octanol–water partition coefficient (Wildman–Crippen LogP) is 2.99. The molecule has 0 aliphatic rings. The lowest BCUT2D eigenvalue weighted by molar-refractivity contribution is -0.111.